The minimum absolute atomic E-state index is 0.263. The van der Waals surface area contributed by atoms with E-state index in [9.17, 15) is 4.39 Å². The van der Waals surface area contributed by atoms with Crippen molar-refractivity contribution in [1.82, 2.24) is 28.7 Å². The van der Waals surface area contributed by atoms with Crippen LogP contribution in [0.5, 0.6) is 0 Å². The van der Waals surface area contributed by atoms with Crippen LogP contribution < -0.4 is 11.5 Å². The van der Waals surface area contributed by atoms with Gasteiger partial charge in [0, 0.05) is 18.4 Å². The molecule has 4 heterocycles. The van der Waals surface area contributed by atoms with Gasteiger partial charge < -0.3 is 11.5 Å². The molecule has 1 aliphatic carbocycles. The maximum absolute atomic E-state index is 13.8. The van der Waals surface area contributed by atoms with E-state index >= 15 is 0 Å². The zero-order chi connectivity index (χ0) is 27.3. The number of hydrogen-bond acceptors (Lipinski definition) is 6. The molecule has 6 aromatic rings. The van der Waals surface area contributed by atoms with Gasteiger partial charge in [-0.1, -0.05) is 38.3 Å². The fourth-order valence-electron chi connectivity index (χ4n) is 6.00. The van der Waals surface area contributed by atoms with Crippen LogP contribution in [0.4, 0.5) is 16.0 Å². The number of aryl methyl sites for hydroxylation is 3. The van der Waals surface area contributed by atoms with Crippen LogP contribution in [-0.4, -0.2) is 28.7 Å². The second kappa shape index (κ2) is 9.80. The molecule has 9 heteroatoms. The number of para-hydroxylation sites is 2. The molecule has 8 nitrogen and oxygen atoms in total. The highest BCUT2D eigenvalue weighted by molar-refractivity contribution is 5.86. The first-order chi connectivity index (χ1) is 18.9. The molecule has 2 aromatic carbocycles. The molecular weight excluding hydrogens is 491 g/mol. The third-order valence-corrected chi connectivity index (χ3v) is 7.75. The fraction of sp³-hybridized carbons (Fsp3) is 0.333. The summed E-state index contributed by atoms with van der Waals surface area (Å²) in [5.41, 5.74) is 19.2. The lowest BCUT2D eigenvalue weighted by atomic mass is 9.89. The van der Waals surface area contributed by atoms with E-state index in [1.54, 1.807) is 6.07 Å². The summed E-state index contributed by atoms with van der Waals surface area (Å²) >= 11 is 0. The minimum Gasteiger partial charge on any atom is -0.382 e. The van der Waals surface area contributed by atoms with Crippen molar-refractivity contribution in [3.63, 3.8) is 0 Å². The number of nitrogen functional groups attached to an aromatic ring is 2. The summed E-state index contributed by atoms with van der Waals surface area (Å²) in [7, 11) is 0. The minimum atomic E-state index is -0.263. The summed E-state index contributed by atoms with van der Waals surface area (Å²) in [5, 5.41) is 0. The lowest BCUT2D eigenvalue weighted by Gasteiger charge is -2.21. The lowest BCUT2D eigenvalue weighted by molar-refractivity contribution is 0.428. The molecule has 4 aromatic heterocycles. The Morgan fingerprint density at radius 3 is 2.15 bits per heavy atom. The van der Waals surface area contributed by atoms with E-state index < -0.39 is 0 Å². The predicted molar refractivity (Wildman–Crippen MR) is 154 cm³/mol. The highest BCUT2D eigenvalue weighted by Gasteiger charge is 2.24. The summed E-state index contributed by atoms with van der Waals surface area (Å²) in [6.45, 7) is 6.02. The SMILES string of the molecule is CCc1nc(C)c2c(N)nc3ccccc3n12.Cc1nc(C2CCCCC2)n2c1c(N)nc1ccc(F)cc12. The summed E-state index contributed by atoms with van der Waals surface area (Å²) in [6, 6.07) is 12.6. The molecule has 0 radical (unpaired) electrons. The van der Waals surface area contributed by atoms with Crippen LogP contribution in [0, 0.1) is 19.7 Å². The molecule has 0 atom stereocenters. The molecule has 0 spiro atoms. The first-order valence-corrected chi connectivity index (χ1v) is 13.6. The van der Waals surface area contributed by atoms with E-state index in [1.807, 2.05) is 36.4 Å². The molecule has 0 bridgehead atoms. The number of nitrogens with zero attached hydrogens (tertiary/aromatic N) is 6. The van der Waals surface area contributed by atoms with Gasteiger partial charge in [0.05, 0.1) is 33.5 Å². The van der Waals surface area contributed by atoms with E-state index in [4.69, 9.17) is 16.5 Å². The van der Waals surface area contributed by atoms with Crippen LogP contribution in [0.15, 0.2) is 42.5 Å². The molecule has 0 unspecified atom stereocenters. The Labute approximate surface area is 225 Å². The van der Waals surface area contributed by atoms with Crippen LogP contribution in [0.25, 0.3) is 33.1 Å². The van der Waals surface area contributed by atoms with Crippen molar-refractivity contribution >= 4 is 44.7 Å². The van der Waals surface area contributed by atoms with Crippen LogP contribution in [0.1, 0.15) is 68.0 Å². The molecule has 0 saturated heterocycles. The van der Waals surface area contributed by atoms with Gasteiger partial charge in [0.1, 0.15) is 40.1 Å². The molecule has 1 fully saturated rings. The van der Waals surface area contributed by atoms with Crippen molar-refractivity contribution in [3.8, 4) is 0 Å². The molecule has 1 saturated carbocycles. The average molecular weight is 525 g/mol. The first kappa shape index (κ1) is 25.0. The van der Waals surface area contributed by atoms with Gasteiger partial charge in [0.2, 0.25) is 0 Å². The lowest BCUT2D eigenvalue weighted by Crippen LogP contribution is -2.10. The van der Waals surface area contributed by atoms with Gasteiger partial charge in [-0.05, 0) is 51.0 Å². The number of fused-ring (bicyclic) bond motifs is 6. The third-order valence-electron chi connectivity index (χ3n) is 7.75. The molecule has 4 N–H and O–H groups in total. The van der Waals surface area contributed by atoms with Crippen molar-refractivity contribution in [1.29, 1.82) is 0 Å². The van der Waals surface area contributed by atoms with Gasteiger partial charge in [-0.15, -0.1) is 0 Å². The van der Waals surface area contributed by atoms with E-state index in [1.165, 1.54) is 31.4 Å². The molecule has 200 valence electrons. The normalized spacial score (nSPS) is 14.4. The summed E-state index contributed by atoms with van der Waals surface area (Å²) < 4.78 is 17.9. The van der Waals surface area contributed by atoms with Crippen molar-refractivity contribution in [3.05, 3.63) is 71.3 Å². The first-order valence-electron chi connectivity index (χ1n) is 13.6. The Hall–Kier alpha value is -4.27. The molecule has 1 aliphatic rings. The zero-order valence-corrected chi connectivity index (χ0v) is 22.6. The van der Waals surface area contributed by atoms with Crippen molar-refractivity contribution in [2.45, 2.75) is 65.2 Å². The summed E-state index contributed by atoms with van der Waals surface area (Å²) in [5.74, 6) is 3.21. The van der Waals surface area contributed by atoms with E-state index in [2.05, 4.69) is 32.3 Å². The van der Waals surface area contributed by atoms with Gasteiger partial charge in [-0.3, -0.25) is 8.80 Å². The predicted octanol–water partition coefficient (Wildman–Crippen LogP) is 6.30. The average Bonchev–Trinajstić information content (AvgIpc) is 3.48. The largest absolute Gasteiger partial charge is 0.382 e. The number of imidazole rings is 2. The zero-order valence-electron chi connectivity index (χ0n) is 22.6. The third kappa shape index (κ3) is 4.22. The Morgan fingerprint density at radius 2 is 1.44 bits per heavy atom. The van der Waals surface area contributed by atoms with E-state index in [0.717, 1.165) is 69.9 Å². The quantitative estimate of drug-likeness (QED) is 0.275. The monoisotopic (exact) mass is 524 g/mol. The van der Waals surface area contributed by atoms with Gasteiger partial charge in [0.25, 0.3) is 0 Å². The van der Waals surface area contributed by atoms with Crippen LogP contribution in [0.3, 0.4) is 0 Å². The number of halogens is 1. The number of rotatable bonds is 2. The Balaban J connectivity index is 0.000000147. The molecule has 7 rings (SSSR count). The number of benzene rings is 2. The maximum Gasteiger partial charge on any atom is 0.150 e. The number of aromatic nitrogens is 6. The van der Waals surface area contributed by atoms with Gasteiger partial charge in [0.15, 0.2) is 0 Å². The highest BCUT2D eigenvalue weighted by atomic mass is 19.1. The summed E-state index contributed by atoms with van der Waals surface area (Å²) in [6.07, 6.45) is 6.90. The van der Waals surface area contributed by atoms with Crippen molar-refractivity contribution in [2.75, 3.05) is 11.5 Å². The smallest absolute Gasteiger partial charge is 0.150 e. The molecule has 0 amide bonds. The fourth-order valence-corrected chi connectivity index (χ4v) is 6.00. The van der Waals surface area contributed by atoms with Crippen LogP contribution >= 0.6 is 0 Å². The number of anilines is 2. The van der Waals surface area contributed by atoms with Crippen molar-refractivity contribution < 1.29 is 4.39 Å². The van der Waals surface area contributed by atoms with Gasteiger partial charge in [-0.25, -0.2) is 24.3 Å². The molecular formula is C30H33FN8. The Kier molecular flexibility index (Phi) is 6.29. The molecule has 39 heavy (non-hydrogen) atoms. The second-order valence-electron chi connectivity index (χ2n) is 10.3. The molecule has 0 aliphatic heterocycles. The number of nitrogens with two attached hydrogens (primary N) is 2. The van der Waals surface area contributed by atoms with Gasteiger partial charge >= 0.3 is 0 Å². The Bertz CT molecular complexity index is 1850. The second-order valence-corrected chi connectivity index (χ2v) is 10.3. The van der Waals surface area contributed by atoms with Crippen LogP contribution in [0.2, 0.25) is 0 Å². The standard InChI is InChI=1S/C17H19FN4.C13H14N4/c1-10-15-16(19)21-13-8-7-12(18)9-14(13)22(15)17(20-10)11-5-3-2-4-6-11;1-3-11-15-8(2)12-13(14)16-9-6-4-5-7-10(9)17(11)12/h7-9,11H,2-6H2,1H3,(H2,19,21);4-7H,3H2,1-2H3,(H2,14,16). The van der Waals surface area contributed by atoms with E-state index in [0.29, 0.717) is 23.1 Å². The van der Waals surface area contributed by atoms with Crippen LogP contribution in [-0.2, 0) is 6.42 Å². The van der Waals surface area contributed by atoms with Gasteiger partial charge in [-0.2, -0.15) is 0 Å². The maximum atomic E-state index is 13.8. The van der Waals surface area contributed by atoms with Crippen molar-refractivity contribution in [2.24, 2.45) is 0 Å². The topological polar surface area (TPSA) is 112 Å². The number of hydrogen-bond donors (Lipinski definition) is 2. The van der Waals surface area contributed by atoms with E-state index in [-0.39, 0.29) is 5.82 Å². The summed E-state index contributed by atoms with van der Waals surface area (Å²) in [4.78, 5) is 18.2. The Morgan fingerprint density at radius 1 is 0.795 bits per heavy atom. The highest BCUT2D eigenvalue weighted by Crippen LogP contribution is 2.35.